The maximum absolute atomic E-state index is 12.2. The average molecular weight is 282 g/mol. The van der Waals surface area contributed by atoms with Gasteiger partial charge in [0.2, 0.25) is 5.95 Å². The molecule has 21 heavy (non-hydrogen) atoms. The number of aromatic nitrogens is 2. The van der Waals surface area contributed by atoms with Crippen molar-refractivity contribution in [3.63, 3.8) is 0 Å². The first-order valence-corrected chi connectivity index (χ1v) is 7.18. The standard InChI is InChI=1S/C16H18N4O/c1-12-6-2-3-7-14(12)19-15(21)13-10-17-16(18-11-13)20-8-4-5-9-20/h2-3,6-7,10-11H,4-5,8-9H2,1H3,(H,19,21). The molecule has 0 radical (unpaired) electrons. The van der Waals surface area contributed by atoms with E-state index in [1.165, 1.54) is 12.8 Å². The van der Waals surface area contributed by atoms with E-state index >= 15 is 0 Å². The summed E-state index contributed by atoms with van der Waals surface area (Å²) in [6, 6.07) is 7.68. The Balaban J connectivity index is 1.71. The molecule has 0 saturated carbocycles. The second-order valence-electron chi connectivity index (χ2n) is 5.23. The SMILES string of the molecule is Cc1ccccc1NC(=O)c1cnc(N2CCCC2)nc1. The number of rotatable bonds is 3. The van der Waals surface area contributed by atoms with Crippen LogP contribution in [0.15, 0.2) is 36.7 Å². The van der Waals surface area contributed by atoms with Gasteiger partial charge in [0.05, 0.1) is 5.56 Å². The van der Waals surface area contributed by atoms with Gasteiger partial charge in [-0.05, 0) is 31.4 Å². The lowest BCUT2D eigenvalue weighted by molar-refractivity contribution is 0.102. The van der Waals surface area contributed by atoms with Crippen molar-refractivity contribution in [1.82, 2.24) is 9.97 Å². The van der Waals surface area contributed by atoms with Crippen LogP contribution in [0.3, 0.4) is 0 Å². The minimum atomic E-state index is -0.183. The van der Waals surface area contributed by atoms with Crippen molar-refractivity contribution in [3.8, 4) is 0 Å². The normalized spacial score (nSPS) is 14.2. The minimum Gasteiger partial charge on any atom is -0.341 e. The van der Waals surface area contributed by atoms with Crippen molar-refractivity contribution >= 4 is 17.5 Å². The van der Waals surface area contributed by atoms with E-state index in [0.717, 1.165) is 24.3 Å². The van der Waals surface area contributed by atoms with E-state index in [-0.39, 0.29) is 5.91 Å². The Hall–Kier alpha value is -2.43. The maximum Gasteiger partial charge on any atom is 0.258 e. The molecule has 1 saturated heterocycles. The summed E-state index contributed by atoms with van der Waals surface area (Å²) in [6.45, 7) is 3.95. The van der Waals surface area contributed by atoms with E-state index in [1.807, 2.05) is 31.2 Å². The zero-order chi connectivity index (χ0) is 14.7. The Morgan fingerprint density at radius 2 is 1.81 bits per heavy atom. The Morgan fingerprint density at radius 3 is 2.48 bits per heavy atom. The van der Waals surface area contributed by atoms with E-state index in [2.05, 4.69) is 20.2 Å². The zero-order valence-corrected chi connectivity index (χ0v) is 12.0. The molecule has 3 rings (SSSR count). The van der Waals surface area contributed by atoms with Crippen molar-refractivity contribution in [2.24, 2.45) is 0 Å². The van der Waals surface area contributed by atoms with E-state index < -0.39 is 0 Å². The Kier molecular flexibility index (Phi) is 3.81. The smallest absolute Gasteiger partial charge is 0.258 e. The molecule has 2 aromatic rings. The predicted molar refractivity (Wildman–Crippen MR) is 82.6 cm³/mol. The highest BCUT2D eigenvalue weighted by Gasteiger charge is 2.15. The molecule has 0 spiro atoms. The number of amides is 1. The van der Waals surface area contributed by atoms with Crippen molar-refractivity contribution in [2.75, 3.05) is 23.3 Å². The fourth-order valence-corrected chi connectivity index (χ4v) is 2.43. The molecule has 0 aliphatic carbocycles. The highest BCUT2D eigenvalue weighted by molar-refractivity contribution is 6.04. The van der Waals surface area contributed by atoms with Gasteiger partial charge in [-0.15, -0.1) is 0 Å². The zero-order valence-electron chi connectivity index (χ0n) is 12.0. The third-order valence-corrected chi connectivity index (χ3v) is 3.68. The van der Waals surface area contributed by atoms with Crippen LogP contribution in [0.1, 0.15) is 28.8 Å². The van der Waals surface area contributed by atoms with Gasteiger partial charge in [0, 0.05) is 31.2 Å². The number of nitrogens with zero attached hydrogens (tertiary/aromatic N) is 3. The number of nitrogens with one attached hydrogen (secondary N) is 1. The van der Waals surface area contributed by atoms with Crippen LogP contribution in [0, 0.1) is 6.92 Å². The molecular formula is C16H18N4O. The molecule has 0 unspecified atom stereocenters. The first-order valence-electron chi connectivity index (χ1n) is 7.18. The van der Waals surface area contributed by atoms with E-state index in [9.17, 15) is 4.79 Å². The van der Waals surface area contributed by atoms with Gasteiger partial charge < -0.3 is 10.2 Å². The monoisotopic (exact) mass is 282 g/mol. The predicted octanol–water partition coefficient (Wildman–Crippen LogP) is 2.64. The lowest BCUT2D eigenvalue weighted by Gasteiger charge is -2.14. The van der Waals surface area contributed by atoms with Crippen LogP contribution in [-0.2, 0) is 0 Å². The van der Waals surface area contributed by atoms with Crippen LogP contribution >= 0.6 is 0 Å². The van der Waals surface area contributed by atoms with Gasteiger partial charge in [0.1, 0.15) is 0 Å². The first kappa shape index (κ1) is 13.5. The summed E-state index contributed by atoms with van der Waals surface area (Å²) < 4.78 is 0. The second-order valence-corrected chi connectivity index (χ2v) is 5.23. The van der Waals surface area contributed by atoms with Gasteiger partial charge in [0.25, 0.3) is 5.91 Å². The topological polar surface area (TPSA) is 58.1 Å². The van der Waals surface area contributed by atoms with Crippen LogP contribution in [0.4, 0.5) is 11.6 Å². The van der Waals surface area contributed by atoms with Gasteiger partial charge in [-0.2, -0.15) is 0 Å². The number of carbonyl (C=O) groups excluding carboxylic acids is 1. The third-order valence-electron chi connectivity index (χ3n) is 3.68. The molecule has 1 aliphatic heterocycles. The first-order chi connectivity index (χ1) is 10.2. The van der Waals surface area contributed by atoms with Crippen molar-refractivity contribution in [1.29, 1.82) is 0 Å². The number of hydrogen-bond donors (Lipinski definition) is 1. The van der Waals surface area contributed by atoms with Gasteiger partial charge in [-0.1, -0.05) is 18.2 Å². The molecule has 1 fully saturated rings. The lowest BCUT2D eigenvalue weighted by atomic mass is 10.2. The summed E-state index contributed by atoms with van der Waals surface area (Å²) in [5.41, 5.74) is 2.31. The van der Waals surface area contributed by atoms with Crippen LogP contribution in [0.25, 0.3) is 0 Å². The Morgan fingerprint density at radius 1 is 1.14 bits per heavy atom. The summed E-state index contributed by atoms with van der Waals surface area (Å²) in [5.74, 6) is 0.525. The quantitative estimate of drug-likeness (QED) is 0.940. The summed E-state index contributed by atoms with van der Waals surface area (Å²) in [4.78, 5) is 22.9. The van der Waals surface area contributed by atoms with Crippen LogP contribution in [0.2, 0.25) is 0 Å². The molecule has 1 aromatic heterocycles. The van der Waals surface area contributed by atoms with Crippen LogP contribution in [-0.4, -0.2) is 29.0 Å². The van der Waals surface area contributed by atoms with Gasteiger partial charge in [-0.3, -0.25) is 4.79 Å². The largest absolute Gasteiger partial charge is 0.341 e. The van der Waals surface area contributed by atoms with Gasteiger partial charge in [0.15, 0.2) is 0 Å². The molecule has 5 heteroatoms. The number of aryl methyl sites for hydroxylation is 1. The molecule has 5 nitrogen and oxygen atoms in total. The fourth-order valence-electron chi connectivity index (χ4n) is 2.43. The second kappa shape index (κ2) is 5.91. The summed E-state index contributed by atoms with van der Waals surface area (Å²) in [6.07, 6.45) is 5.54. The average Bonchev–Trinajstić information content (AvgIpc) is 3.04. The third kappa shape index (κ3) is 3.02. The molecule has 0 atom stereocenters. The lowest BCUT2D eigenvalue weighted by Crippen LogP contribution is -2.21. The Labute approximate surface area is 124 Å². The van der Waals surface area contributed by atoms with Crippen LogP contribution in [0.5, 0.6) is 0 Å². The Bertz CT molecular complexity index is 633. The van der Waals surface area contributed by atoms with Crippen molar-refractivity contribution in [2.45, 2.75) is 19.8 Å². The van der Waals surface area contributed by atoms with E-state index in [1.54, 1.807) is 12.4 Å². The molecule has 108 valence electrons. The maximum atomic E-state index is 12.2. The van der Waals surface area contributed by atoms with Crippen LogP contribution < -0.4 is 10.2 Å². The molecule has 1 aliphatic rings. The fraction of sp³-hybridized carbons (Fsp3) is 0.312. The summed E-state index contributed by atoms with van der Waals surface area (Å²) >= 11 is 0. The highest BCUT2D eigenvalue weighted by atomic mass is 16.1. The van der Waals surface area contributed by atoms with E-state index in [4.69, 9.17) is 0 Å². The van der Waals surface area contributed by atoms with Gasteiger partial charge >= 0.3 is 0 Å². The summed E-state index contributed by atoms with van der Waals surface area (Å²) in [7, 11) is 0. The molecular weight excluding hydrogens is 264 g/mol. The minimum absolute atomic E-state index is 0.183. The molecule has 1 amide bonds. The molecule has 1 N–H and O–H groups in total. The van der Waals surface area contributed by atoms with Crippen molar-refractivity contribution in [3.05, 3.63) is 47.8 Å². The number of benzene rings is 1. The number of hydrogen-bond acceptors (Lipinski definition) is 4. The summed E-state index contributed by atoms with van der Waals surface area (Å²) in [5, 5.41) is 2.88. The number of carbonyl (C=O) groups is 1. The number of anilines is 2. The molecule has 2 heterocycles. The molecule has 0 bridgehead atoms. The highest BCUT2D eigenvalue weighted by Crippen LogP contribution is 2.16. The van der Waals surface area contributed by atoms with Gasteiger partial charge in [-0.25, -0.2) is 9.97 Å². The number of para-hydroxylation sites is 1. The molecule has 1 aromatic carbocycles. The van der Waals surface area contributed by atoms with Crippen molar-refractivity contribution < 1.29 is 4.79 Å². The van der Waals surface area contributed by atoms with E-state index in [0.29, 0.717) is 11.5 Å².